The average molecular weight is 262 g/mol. The summed E-state index contributed by atoms with van der Waals surface area (Å²) >= 11 is 0. The van der Waals surface area contributed by atoms with Crippen LogP contribution in [-0.4, -0.2) is 31.6 Å². The molecule has 1 saturated carbocycles. The maximum Gasteiger partial charge on any atom is 0.122 e. The number of hydrogen-bond donors (Lipinski definition) is 1. The molecule has 1 aliphatic rings. The number of benzene rings is 1. The Hall–Kier alpha value is -1.06. The maximum atomic E-state index is 5.84. The second-order valence-electron chi connectivity index (χ2n) is 5.91. The van der Waals surface area contributed by atoms with E-state index in [4.69, 9.17) is 10.5 Å². The first kappa shape index (κ1) is 14.4. The van der Waals surface area contributed by atoms with E-state index in [1.54, 1.807) is 0 Å². The molecule has 2 N–H and O–H groups in total. The van der Waals surface area contributed by atoms with Gasteiger partial charge in [0, 0.05) is 13.1 Å². The summed E-state index contributed by atoms with van der Waals surface area (Å²) in [5.41, 5.74) is 8.82. The van der Waals surface area contributed by atoms with Crippen molar-refractivity contribution >= 4 is 0 Å². The van der Waals surface area contributed by atoms with Gasteiger partial charge >= 0.3 is 0 Å². The zero-order valence-corrected chi connectivity index (χ0v) is 12.4. The highest BCUT2D eigenvalue weighted by Gasteiger charge is 2.41. The van der Waals surface area contributed by atoms with Gasteiger partial charge in [0.25, 0.3) is 0 Å². The number of nitrogens with zero attached hydrogens (tertiary/aromatic N) is 1. The molecule has 19 heavy (non-hydrogen) atoms. The molecule has 0 bridgehead atoms. The topological polar surface area (TPSA) is 38.5 Å². The Labute approximate surface area is 116 Å². The second kappa shape index (κ2) is 5.93. The van der Waals surface area contributed by atoms with Gasteiger partial charge in [-0.3, -0.25) is 0 Å². The monoisotopic (exact) mass is 262 g/mol. The predicted octanol–water partition coefficient (Wildman–Crippen LogP) is 2.56. The van der Waals surface area contributed by atoms with E-state index in [0.717, 1.165) is 32.0 Å². The summed E-state index contributed by atoms with van der Waals surface area (Å²) in [7, 11) is 2.18. The number of nitrogens with two attached hydrogens (primary N) is 1. The molecule has 2 rings (SSSR count). The van der Waals surface area contributed by atoms with E-state index in [2.05, 4.69) is 37.1 Å². The van der Waals surface area contributed by atoms with Crippen LogP contribution < -0.4 is 10.5 Å². The van der Waals surface area contributed by atoms with Gasteiger partial charge in [-0.25, -0.2) is 0 Å². The Morgan fingerprint density at radius 3 is 2.63 bits per heavy atom. The molecule has 0 radical (unpaired) electrons. The summed E-state index contributed by atoms with van der Waals surface area (Å²) < 4.78 is 5.57. The SMILES string of the molecule is CCOc1ccc(CN(C)CC2(CN)CC2)cc1C. The molecule has 1 aromatic carbocycles. The Morgan fingerprint density at radius 2 is 2.11 bits per heavy atom. The van der Waals surface area contributed by atoms with Gasteiger partial charge in [0.15, 0.2) is 0 Å². The summed E-state index contributed by atoms with van der Waals surface area (Å²) in [6.45, 7) is 7.75. The van der Waals surface area contributed by atoms with Crippen LogP contribution in [0.25, 0.3) is 0 Å². The van der Waals surface area contributed by atoms with Crippen LogP contribution in [0.1, 0.15) is 30.9 Å². The van der Waals surface area contributed by atoms with Gasteiger partial charge < -0.3 is 15.4 Å². The third-order valence-electron chi connectivity index (χ3n) is 3.99. The molecule has 3 heteroatoms. The molecular weight excluding hydrogens is 236 g/mol. The smallest absolute Gasteiger partial charge is 0.122 e. The van der Waals surface area contributed by atoms with Gasteiger partial charge in [-0.15, -0.1) is 0 Å². The standard InChI is InChI=1S/C16H26N2O/c1-4-19-15-6-5-14(9-13(15)2)10-18(3)12-16(11-17)7-8-16/h5-6,9H,4,7-8,10-12,17H2,1-3H3. The van der Waals surface area contributed by atoms with Crippen molar-refractivity contribution in [1.82, 2.24) is 4.90 Å². The minimum Gasteiger partial charge on any atom is -0.494 e. The summed E-state index contributed by atoms with van der Waals surface area (Å²) in [6, 6.07) is 6.47. The molecule has 0 unspecified atom stereocenters. The van der Waals surface area contributed by atoms with Gasteiger partial charge in [-0.1, -0.05) is 12.1 Å². The van der Waals surface area contributed by atoms with Crippen LogP contribution in [0.5, 0.6) is 5.75 Å². The molecule has 1 fully saturated rings. The minimum atomic E-state index is 0.412. The van der Waals surface area contributed by atoms with Crippen molar-refractivity contribution in [1.29, 1.82) is 0 Å². The van der Waals surface area contributed by atoms with Crippen molar-refractivity contribution in [3.63, 3.8) is 0 Å². The summed E-state index contributed by atoms with van der Waals surface area (Å²) in [5.74, 6) is 0.995. The molecule has 1 aromatic rings. The number of aryl methyl sites for hydroxylation is 1. The van der Waals surface area contributed by atoms with Crippen molar-refractivity contribution in [2.24, 2.45) is 11.1 Å². The predicted molar refractivity (Wildman–Crippen MR) is 79.4 cm³/mol. The molecule has 0 spiro atoms. The fourth-order valence-electron chi connectivity index (χ4n) is 2.67. The Bertz CT molecular complexity index is 427. The third kappa shape index (κ3) is 3.71. The van der Waals surface area contributed by atoms with Gasteiger partial charge in [-0.05, 0) is 62.9 Å². The molecule has 106 valence electrons. The highest BCUT2D eigenvalue weighted by Crippen LogP contribution is 2.45. The van der Waals surface area contributed by atoms with Crippen LogP contribution in [0.4, 0.5) is 0 Å². The summed E-state index contributed by atoms with van der Waals surface area (Å²) in [6.07, 6.45) is 2.58. The largest absolute Gasteiger partial charge is 0.494 e. The first-order valence-corrected chi connectivity index (χ1v) is 7.19. The maximum absolute atomic E-state index is 5.84. The molecule has 0 amide bonds. The van der Waals surface area contributed by atoms with E-state index < -0.39 is 0 Å². The van der Waals surface area contributed by atoms with Crippen LogP contribution in [0.2, 0.25) is 0 Å². The minimum absolute atomic E-state index is 0.412. The molecule has 1 aliphatic carbocycles. The quantitative estimate of drug-likeness (QED) is 0.821. The molecule has 0 heterocycles. The molecule has 0 saturated heterocycles. The van der Waals surface area contributed by atoms with E-state index in [1.165, 1.54) is 24.0 Å². The first-order valence-electron chi connectivity index (χ1n) is 7.19. The van der Waals surface area contributed by atoms with Crippen molar-refractivity contribution < 1.29 is 4.74 Å². The molecule has 0 aliphatic heterocycles. The first-order chi connectivity index (χ1) is 9.08. The summed E-state index contributed by atoms with van der Waals surface area (Å²) in [5, 5.41) is 0. The third-order valence-corrected chi connectivity index (χ3v) is 3.99. The number of rotatable bonds is 7. The van der Waals surface area contributed by atoms with E-state index in [-0.39, 0.29) is 0 Å². The lowest BCUT2D eigenvalue weighted by Crippen LogP contribution is -2.31. The van der Waals surface area contributed by atoms with E-state index >= 15 is 0 Å². The van der Waals surface area contributed by atoms with Gasteiger partial charge in [0.05, 0.1) is 6.61 Å². The van der Waals surface area contributed by atoms with E-state index in [0.29, 0.717) is 5.41 Å². The average Bonchev–Trinajstić information content (AvgIpc) is 3.13. The fraction of sp³-hybridized carbons (Fsp3) is 0.625. The molecule has 3 nitrogen and oxygen atoms in total. The van der Waals surface area contributed by atoms with Crippen LogP contribution in [0, 0.1) is 12.3 Å². The number of hydrogen-bond acceptors (Lipinski definition) is 3. The summed E-state index contributed by atoms with van der Waals surface area (Å²) in [4.78, 5) is 2.38. The van der Waals surface area contributed by atoms with E-state index in [1.807, 2.05) is 6.92 Å². The van der Waals surface area contributed by atoms with Crippen molar-refractivity contribution in [2.75, 3.05) is 26.7 Å². The second-order valence-corrected chi connectivity index (χ2v) is 5.91. The van der Waals surface area contributed by atoms with Crippen LogP contribution >= 0.6 is 0 Å². The van der Waals surface area contributed by atoms with Crippen LogP contribution in [-0.2, 0) is 6.54 Å². The Kier molecular flexibility index (Phi) is 4.48. The van der Waals surface area contributed by atoms with Gasteiger partial charge in [0.1, 0.15) is 5.75 Å². The Morgan fingerprint density at radius 1 is 1.37 bits per heavy atom. The lowest BCUT2D eigenvalue weighted by atomic mass is 10.1. The zero-order valence-electron chi connectivity index (χ0n) is 12.4. The van der Waals surface area contributed by atoms with Gasteiger partial charge in [0.2, 0.25) is 0 Å². The van der Waals surface area contributed by atoms with Crippen molar-refractivity contribution in [3.05, 3.63) is 29.3 Å². The fourth-order valence-corrected chi connectivity index (χ4v) is 2.67. The molecule has 0 aromatic heterocycles. The molecule has 0 atom stereocenters. The lowest BCUT2D eigenvalue weighted by Gasteiger charge is -2.23. The van der Waals surface area contributed by atoms with Gasteiger partial charge in [-0.2, -0.15) is 0 Å². The van der Waals surface area contributed by atoms with Crippen LogP contribution in [0.15, 0.2) is 18.2 Å². The highest BCUT2D eigenvalue weighted by molar-refractivity contribution is 5.36. The van der Waals surface area contributed by atoms with Crippen LogP contribution in [0.3, 0.4) is 0 Å². The van der Waals surface area contributed by atoms with Crippen molar-refractivity contribution in [2.45, 2.75) is 33.2 Å². The normalized spacial score (nSPS) is 16.7. The zero-order chi connectivity index (χ0) is 13.9. The van der Waals surface area contributed by atoms with E-state index in [9.17, 15) is 0 Å². The Balaban J connectivity index is 1.93. The number of ether oxygens (including phenoxy) is 1. The molecular formula is C16H26N2O. The lowest BCUT2D eigenvalue weighted by molar-refractivity contribution is 0.259. The highest BCUT2D eigenvalue weighted by atomic mass is 16.5. The van der Waals surface area contributed by atoms with Crippen molar-refractivity contribution in [3.8, 4) is 5.75 Å².